The Hall–Kier alpha value is -0.940. The molecule has 0 aliphatic carbocycles. The largest absolute Gasteiger partial charge is 0.384 e. The maximum Gasteiger partial charge on any atom is 0.226 e. The van der Waals surface area contributed by atoms with Crippen LogP contribution in [0.4, 0.5) is 0 Å². The van der Waals surface area contributed by atoms with Gasteiger partial charge in [-0.05, 0) is 24.8 Å². The van der Waals surface area contributed by atoms with Crippen LogP contribution in [0.3, 0.4) is 0 Å². The summed E-state index contributed by atoms with van der Waals surface area (Å²) >= 11 is 0. The number of ether oxygens (including phenoxy) is 1. The molecular formula is C12H23N3O2. The van der Waals surface area contributed by atoms with E-state index in [1.54, 1.807) is 7.11 Å². The van der Waals surface area contributed by atoms with Crippen molar-refractivity contribution in [1.29, 1.82) is 0 Å². The molecule has 0 saturated heterocycles. The van der Waals surface area contributed by atoms with Gasteiger partial charge in [-0.2, -0.15) is 4.98 Å². The first-order valence-corrected chi connectivity index (χ1v) is 6.16. The summed E-state index contributed by atoms with van der Waals surface area (Å²) < 4.78 is 10.2. The van der Waals surface area contributed by atoms with E-state index < -0.39 is 0 Å². The topological polar surface area (TPSA) is 74.2 Å². The molecule has 1 heterocycles. The van der Waals surface area contributed by atoms with Gasteiger partial charge in [-0.25, -0.2) is 0 Å². The molecule has 0 aromatic carbocycles. The lowest BCUT2D eigenvalue weighted by atomic mass is 9.94. The summed E-state index contributed by atoms with van der Waals surface area (Å²) in [5, 5.41) is 3.91. The van der Waals surface area contributed by atoms with Gasteiger partial charge in [0.15, 0.2) is 5.82 Å². The Bertz CT molecular complexity index is 312. The second kappa shape index (κ2) is 7.40. The Kier molecular flexibility index (Phi) is 6.15. The van der Waals surface area contributed by atoms with Crippen LogP contribution < -0.4 is 5.73 Å². The Morgan fingerprint density at radius 1 is 1.41 bits per heavy atom. The van der Waals surface area contributed by atoms with E-state index in [2.05, 4.69) is 24.0 Å². The van der Waals surface area contributed by atoms with Gasteiger partial charge in [0, 0.05) is 20.0 Å². The Labute approximate surface area is 103 Å². The summed E-state index contributed by atoms with van der Waals surface area (Å²) in [6.45, 7) is 5.67. The highest BCUT2D eigenvalue weighted by atomic mass is 16.5. The van der Waals surface area contributed by atoms with Crippen LogP contribution >= 0.6 is 0 Å². The van der Waals surface area contributed by atoms with Gasteiger partial charge in [0.05, 0.1) is 6.61 Å². The van der Waals surface area contributed by atoms with Crippen LogP contribution in [0.1, 0.15) is 32.0 Å². The second-order valence-electron chi connectivity index (χ2n) is 4.78. The maximum atomic E-state index is 5.75. The van der Waals surface area contributed by atoms with Crippen molar-refractivity contribution in [2.24, 2.45) is 17.6 Å². The van der Waals surface area contributed by atoms with E-state index in [9.17, 15) is 0 Å². The van der Waals surface area contributed by atoms with Crippen LogP contribution in [0.15, 0.2) is 4.52 Å². The van der Waals surface area contributed by atoms with Crippen molar-refractivity contribution in [3.8, 4) is 0 Å². The summed E-state index contributed by atoms with van der Waals surface area (Å²) in [6, 6.07) is 0. The monoisotopic (exact) mass is 241 g/mol. The fraction of sp³-hybridized carbons (Fsp3) is 0.833. The molecule has 5 nitrogen and oxygen atoms in total. The van der Waals surface area contributed by atoms with Gasteiger partial charge >= 0.3 is 0 Å². The third-order valence-electron chi connectivity index (χ3n) is 2.64. The second-order valence-corrected chi connectivity index (χ2v) is 4.78. The molecule has 0 bridgehead atoms. The molecule has 1 rings (SSSR count). The summed E-state index contributed by atoms with van der Waals surface area (Å²) in [4.78, 5) is 4.33. The number of nitrogens with two attached hydrogens (primary N) is 1. The van der Waals surface area contributed by atoms with Crippen molar-refractivity contribution < 1.29 is 9.26 Å². The molecule has 2 N–H and O–H groups in total. The molecule has 17 heavy (non-hydrogen) atoms. The molecule has 1 atom stereocenters. The van der Waals surface area contributed by atoms with Gasteiger partial charge in [-0.3, -0.25) is 0 Å². The van der Waals surface area contributed by atoms with Crippen LogP contribution in [-0.4, -0.2) is 30.4 Å². The quantitative estimate of drug-likeness (QED) is 0.745. The van der Waals surface area contributed by atoms with E-state index >= 15 is 0 Å². The molecule has 0 spiro atoms. The summed E-state index contributed by atoms with van der Waals surface area (Å²) in [7, 11) is 1.66. The van der Waals surface area contributed by atoms with E-state index in [0.717, 1.165) is 12.8 Å². The van der Waals surface area contributed by atoms with Gasteiger partial charge in [0.2, 0.25) is 5.89 Å². The van der Waals surface area contributed by atoms with Crippen molar-refractivity contribution in [2.75, 3.05) is 20.3 Å². The van der Waals surface area contributed by atoms with Crippen LogP contribution in [0.25, 0.3) is 0 Å². The third-order valence-corrected chi connectivity index (χ3v) is 2.64. The van der Waals surface area contributed by atoms with E-state index in [4.69, 9.17) is 15.0 Å². The van der Waals surface area contributed by atoms with Crippen LogP contribution in [0.2, 0.25) is 0 Å². The molecule has 0 aliphatic rings. The van der Waals surface area contributed by atoms with Gasteiger partial charge in [-0.1, -0.05) is 19.0 Å². The Morgan fingerprint density at radius 2 is 2.18 bits per heavy atom. The fourth-order valence-electron chi connectivity index (χ4n) is 1.84. The first kappa shape index (κ1) is 14.1. The smallest absolute Gasteiger partial charge is 0.226 e. The molecule has 0 radical (unpaired) electrons. The summed E-state index contributed by atoms with van der Waals surface area (Å²) in [5.41, 5.74) is 5.75. The standard InChI is InChI=1S/C12H23N3O2/c1-9(2)6-10(8-13)7-12-14-11(15-17-12)4-5-16-3/h9-10H,4-8,13H2,1-3H3. The summed E-state index contributed by atoms with van der Waals surface area (Å²) in [6.07, 6.45) is 2.55. The lowest BCUT2D eigenvalue weighted by molar-refractivity contribution is 0.199. The molecule has 1 aromatic rings. The molecule has 0 fully saturated rings. The van der Waals surface area contributed by atoms with Gasteiger partial charge < -0.3 is 15.0 Å². The Morgan fingerprint density at radius 3 is 2.76 bits per heavy atom. The zero-order valence-electron chi connectivity index (χ0n) is 11.0. The van der Waals surface area contributed by atoms with Gasteiger partial charge in [0.1, 0.15) is 0 Å². The number of hydrogen-bond donors (Lipinski definition) is 1. The van der Waals surface area contributed by atoms with E-state index in [1.807, 2.05) is 0 Å². The maximum absolute atomic E-state index is 5.75. The van der Waals surface area contributed by atoms with Crippen LogP contribution in [-0.2, 0) is 17.6 Å². The molecule has 1 aromatic heterocycles. The zero-order chi connectivity index (χ0) is 12.7. The number of methoxy groups -OCH3 is 1. The first-order valence-electron chi connectivity index (χ1n) is 6.16. The van der Waals surface area contributed by atoms with Gasteiger partial charge in [0.25, 0.3) is 0 Å². The molecule has 0 amide bonds. The number of aromatic nitrogens is 2. The average Bonchev–Trinajstić information content (AvgIpc) is 2.72. The minimum atomic E-state index is 0.422. The van der Waals surface area contributed by atoms with Crippen molar-refractivity contribution in [2.45, 2.75) is 33.1 Å². The van der Waals surface area contributed by atoms with E-state index in [1.165, 1.54) is 0 Å². The fourth-order valence-corrected chi connectivity index (χ4v) is 1.84. The number of hydrogen-bond acceptors (Lipinski definition) is 5. The highest BCUT2D eigenvalue weighted by Crippen LogP contribution is 2.15. The highest BCUT2D eigenvalue weighted by molar-refractivity contribution is 4.88. The Balaban J connectivity index is 2.46. The molecular weight excluding hydrogens is 218 g/mol. The zero-order valence-corrected chi connectivity index (χ0v) is 11.0. The highest BCUT2D eigenvalue weighted by Gasteiger charge is 2.14. The normalized spacial score (nSPS) is 13.2. The minimum absolute atomic E-state index is 0.422. The predicted molar refractivity (Wildman–Crippen MR) is 65.6 cm³/mol. The molecule has 0 aliphatic heterocycles. The molecule has 1 unspecified atom stereocenters. The summed E-state index contributed by atoms with van der Waals surface area (Å²) in [5.74, 6) is 2.46. The van der Waals surface area contributed by atoms with Crippen molar-refractivity contribution in [3.63, 3.8) is 0 Å². The lowest BCUT2D eigenvalue weighted by Gasteiger charge is -2.14. The van der Waals surface area contributed by atoms with E-state index in [-0.39, 0.29) is 0 Å². The number of nitrogens with zero attached hydrogens (tertiary/aromatic N) is 2. The minimum Gasteiger partial charge on any atom is -0.384 e. The van der Waals surface area contributed by atoms with Crippen molar-refractivity contribution in [1.82, 2.24) is 10.1 Å². The van der Waals surface area contributed by atoms with Crippen LogP contribution in [0.5, 0.6) is 0 Å². The lowest BCUT2D eigenvalue weighted by Crippen LogP contribution is -2.19. The average molecular weight is 241 g/mol. The predicted octanol–water partition coefficient (Wildman–Crippen LogP) is 1.42. The van der Waals surface area contributed by atoms with E-state index in [0.29, 0.717) is 43.1 Å². The SMILES string of the molecule is COCCc1noc(CC(CN)CC(C)C)n1. The van der Waals surface area contributed by atoms with Gasteiger partial charge in [-0.15, -0.1) is 0 Å². The molecule has 5 heteroatoms. The first-order chi connectivity index (χ1) is 8.15. The van der Waals surface area contributed by atoms with Crippen LogP contribution in [0, 0.1) is 11.8 Å². The van der Waals surface area contributed by atoms with Crippen molar-refractivity contribution in [3.05, 3.63) is 11.7 Å². The molecule has 98 valence electrons. The van der Waals surface area contributed by atoms with Crippen molar-refractivity contribution >= 4 is 0 Å². The molecule has 0 saturated carbocycles. The number of rotatable bonds is 8. The third kappa shape index (κ3) is 5.28.